The highest BCUT2D eigenvalue weighted by Crippen LogP contribution is 2.23. The molecular formula is C37H42N4O. The number of hydrogen-bond donors (Lipinski definition) is 0. The summed E-state index contributed by atoms with van der Waals surface area (Å²) in [5.41, 5.74) is 9.41. The summed E-state index contributed by atoms with van der Waals surface area (Å²) < 4.78 is 0. The summed E-state index contributed by atoms with van der Waals surface area (Å²) in [5, 5.41) is 0. The van der Waals surface area contributed by atoms with Gasteiger partial charge in [0.1, 0.15) is 0 Å². The van der Waals surface area contributed by atoms with Crippen LogP contribution in [0.4, 0.5) is 11.4 Å². The fraction of sp³-hybridized carbons (Fsp3) is 0.324. The normalized spacial score (nSPS) is 16.5. The van der Waals surface area contributed by atoms with Crippen LogP contribution < -0.4 is 9.80 Å². The number of nitrogens with zero attached hydrogens (tertiary/aromatic N) is 4. The predicted molar refractivity (Wildman–Crippen MR) is 174 cm³/mol. The summed E-state index contributed by atoms with van der Waals surface area (Å²) in [6.07, 6.45) is 0. The van der Waals surface area contributed by atoms with E-state index in [0.29, 0.717) is 0 Å². The second-order valence-electron chi connectivity index (χ2n) is 11.8. The number of ketones is 1. The maximum atomic E-state index is 13.2. The van der Waals surface area contributed by atoms with Gasteiger partial charge >= 0.3 is 0 Å². The molecule has 0 atom stereocenters. The molecule has 0 spiro atoms. The Bertz CT molecular complexity index is 1370. The lowest BCUT2D eigenvalue weighted by molar-refractivity contribution is 0.103. The Balaban J connectivity index is 0.978. The zero-order valence-corrected chi connectivity index (χ0v) is 25.0. The maximum Gasteiger partial charge on any atom is 0.193 e. The number of piperazine rings is 2. The largest absolute Gasteiger partial charge is 0.369 e. The van der Waals surface area contributed by atoms with Crippen molar-refractivity contribution in [1.82, 2.24) is 9.80 Å². The van der Waals surface area contributed by atoms with Gasteiger partial charge in [-0.15, -0.1) is 0 Å². The van der Waals surface area contributed by atoms with Gasteiger partial charge in [0.15, 0.2) is 5.78 Å². The van der Waals surface area contributed by atoms with Crippen LogP contribution in [0.2, 0.25) is 0 Å². The van der Waals surface area contributed by atoms with Crippen LogP contribution >= 0.6 is 0 Å². The van der Waals surface area contributed by atoms with Crippen molar-refractivity contribution >= 4 is 17.2 Å². The van der Waals surface area contributed by atoms with E-state index in [1.807, 2.05) is 24.3 Å². The second-order valence-corrected chi connectivity index (χ2v) is 11.8. The van der Waals surface area contributed by atoms with Gasteiger partial charge in [-0.2, -0.15) is 0 Å². The molecule has 6 rings (SSSR count). The number of carbonyl (C=O) groups is 1. The first-order chi connectivity index (χ1) is 20.5. The molecule has 0 bridgehead atoms. The molecule has 4 aromatic carbocycles. The SMILES string of the molecule is Cc1ccccc1N1CCN(Cc2ccc(C(=O)c3ccc(CN4CCN(c5ccccc5C)CC4)cc3)cc2)CC1. The quantitative estimate of drug-likeness (QED) is 0.241. The average Bonchev–Trinajstić information content (AvgIpc) is 3.03. The molecule has 0 radical (unpaired) electrons. The van der Waals surface area contributed by atoms with E-state index in [9.17, 15) is 4.79 Å². The number of carbonyl (C=O) groups excluding carboxylic acids is 1. The first-order valence-corrected chi connectivity index (χ1v) is 15.3. The van der Waals surface area contributed by atoms with Crippen molar-refractivity contribution in [2.45, 2.75) is 26.9 Å². The highest BCUT2D eigenvalue weighted by molar-refractivity contribution is 6.09. The van der Waals surface area contributed by atoms with E-state index in [2.05, 4.69) is 106 Å². The Morgan fingerprint density at radius 1 is 0.500 bits per heavy atom. The highest BCUT2D eigenvalue weighted by Gasteiger charge is 2.20. The van der Waals surface area contributed by atoms with Crippen molar-refractivity contribution < 1.29 is 4.79 Å². The molecule has 0 unspecified atom stereocenters. The van der Waals surface area contributed by atoms with Gasteiger partial charge in [-0.25, -0.2) is 0 Å². The number of rotatable bonds is 8. The predicted octanol–water partition coefficient (Wildman–Crippen LogP) is 6.18. The smallest absolute Gasteiger partial charge is 0.193 e. The summed E-state index contributed by atoms with van der Waals surface area (Å²) in [6.45, 7) is 14.6. The van der Waals surface area contributed by atoms with Crippen LogP contribution in [0.1, 0.15) is 38.2 Å². The lowest BCUT2D eigenvalue weighted by atomic mass is 10.0. The van der Waals surface area contributed by atoms with Gasteiger partial charge in [-0.1, -0.05) is 84.9 Å². The standard InChI is InChI=1S/C37H42N4O/c1-29-7-3-5-9-35(29)40-23-19-38(20-24-40)27-31-11-15-33(16-12-31)37(42)34-17-13-32(14-18-34)28-39-21-25-41(26-22-39)36-10-6-4-8-30(36)2/h3-18H,19-28H2,1-2H3. The van der Waals surface area contributed by atoms with Crippen molar-refractivity contribution in [2.75, 3.05) is 62.2 Å². The van der Waals surface area contributed by atoms with Crippen LogP contribution in [0.5, 0.6) is 0 Å². The lowest BCUT2D eigenvalue weighted by Crippen LogP contribution is -2.46. The number of anilines is 2. The first kappa shape index (κ1) is 28.2. The van der Waals surface area contributed by atoms with Gasteiger partial charge in [-0.3, -0.25) is 14.6 Å². The molecule has 0 amide bonds. The summed E-state index contributed by atoms with van der Waals surface area (Å²) in [5.74, 6) is 0.0896. The molecule has 2 saturated heterocycles. The molecule has 42 heavy (non-hydrogen) atoms. The maximum absolute atomic E-state index is 13.2. The molecule has 0 aliphatic carbocycles. The van der Waals surface area contributed by atoms with Crippen molar-refractivity contribution in [3.05, 3.63) is 130 Å². The van der Waals surface area contributed by atoms with Crippen molar-refractivity contribution in [1.29, 1.82) is 0 Å². The molecule has 2 aliphatic heterocycles. The molecule has 5 heteroatoms. The third-order valence-corrected chi connectivity index (χ3v) is 8.90. The highest BCUT2D eigenvalue weighted by atomic mass is 16.1. The zero-order valence-electron chi connectivity index (χ0n) is 25.0. The zero-order chi connectivity index (χ0) is 28.9. The lowest BCUT2D eigenvalue weighted by Gasteiger charge is -2.36. The topological polar surface area (TPSA) is 30.0 Å². The third kappa shape index (κ3) is 6.59. The molecule has 4 aromatic rings. The number of para-hydroxylation sites is 2. The van der Waals surface area contributed by atoms with Crippen molar-refractivity contribution in [3.8, 4) is 0 Å². The van der Waals surface area contributed by atoms with Gasteiger partial charge in [0.2, 0.25) is 0 Å². The Kier molecular flexibility index (Phi) is 8.68. The van der Waals surface area contributed by atoms with Crippen LogP contribution in [0, 0.1) is 13.8 Å². The summed E-state index contributed by atoms with van der Waals surface area (Å²) in [6, 6.07) is 33.7. The molecule has 5 nitrogen and oxygen atoms in total. The van der Waals surface area contributed by atoms with Gasteiger partial charge in [0.05, 0.1) is 0 Å². The summed E-state index contributed by atoms with van der Waals surface area (Å²) in [7, 11) is 0. The molecule has 0 saturated carbocycles. The molecule has 0 N–H and O–H groups in total. The van der Waals surface area contributed by atoms with Crippen LogP contribution in [-0.2, 0) is 13.1 Å². The molecular weight excluding hydrogens is 516 g/mol. The van der Waals surface area contributed by atoms with Gasteiger partial charge in [0.25, 0.3) is 0 Å². The Hall–Kier alpha value is -3.93. The molecule has 0 aromatic heterocycles. The van der Waals surface area contributed by atoms with Gasteiger partial charge < -0.3 is 9.80 Å². The van der Waals surface area contributed by atoms with E-state index in [4.69, 9.17) is 0 Å². The van der Waals surface area contributed by atoms with E-state index >= 15 is 0 Å². The minimum absolute atomic E-state index is 0.0896. The van der Waals surface area contributed by atoms with E-state index in [-0.39, 0.29) is 5.78 Å². The molecule has 2 fully saturated rings. The summed E-state index contributed by atoms with van der Waals surface area (Å²) in [4.78, 5) is 23.2. The Morgan fingerprint density at radius 3 is 1.21 bits per heavy atom. The van der Waals surface area contributed by atoms with Crippen LogP contribution in [0.3, 0.4) is 0 Å². The van der Waals surface area contributed by atoms with E-state index in [0.717, 1.165) is 76.6 Å². The third-order valence-electron chi connectivity index (χ3n) is 8.90. The van der Waals surface area contributed by atoms with Crippen molar-refractivity contribution in [3.63, 3.8) is 0 Å². The van der Waals surface area contributed by atoms with Crippen LogP contribution in [-0.4, -0.2) is 67.9 Å². The molecule has 216 valence electrons. The number of hydrogen-bond acceptors (Lipinski definition) is 5. The van der Waals surface area contributed by atoms with Crippen LogP contribution in [0.15, 0.2) is 97.1 Å². The first-order valence-electron chi connectivity index (χ1n) is 15.3. The minimum atomic E-state index is 0.0896. The van der Waals surface area contributed by atoms with E-state index in [1.165, 1.54) is 33.6 Å². The van der Waals surface area contributed by atoms with E-state index in [1.54, 1.807) is 0 Å². The number of benzene rings is 4. The monoisotopic (exact) mass is 558 g/mol. The van der Waals surface area contributed by atoms with Gasteiger partial charge in [0, 0.05) is 87.9 Å². The fourth-order valence-corrected chi connectivity index (χ4v) is 6.34. The number of aryl methyl sites for hydroxylation is 2. The Morgan fingerprint density at radius 2 is 0.857 bits per heavy atom. The summed E-state index contributed by atoms with van der Waals surface area (Å²) >= 11 is 0. The van der Waals surface area contributed by atoms with Gasteiger partial charge in [-0.05, 0) is 48.2 Å². The van der Waals surface area contributed by atoms with Crippen LogP contribution in [0.25, 0.3) is 0 Å². The molecule has 2 heterocycles. The Labute approximate surface area is 251 Å². The van der Waals surface area contributed by atoms with E-state index < -0.39 is 0 Å². The van der Waals surface area contributed by atoms with Crippen molar-refractivity contribution in [2.24, 2.45) is 0 Å². The minimum Gasteiger partial charge on any atom is -0.369 e. The second kappa shape index (κ2) is 12.9. The fourth-order valence-electron chi connectivity index (χ4n) is 6.34. The molecule has 2 aliphatic rings. The average molecular weight is 559 g/mol.